The molecule has 1 aromatic carbocycles. The Morgan fingerprint density at radius 3 is 2.41 bits per heavy atom. The molecule has 1 amide bonds. The van der Waals surface area contributed by atoms with Gasteiger partial charge in [0.1, 0.15) is 18.1 Å². The highest BCUT2D eigenvalue weighted by molar-refractivity contribution is 7.92. The maximum Gasteiger partial charge on any atom is 0.241 e. The van der Waals surface area contributed by atoms with Crippen LogP contribution in [-0.4, -0.2) is 39.5 Å². The SMILES string of the molecule is C#CCOc1ccc(N(C)C(=O)CS(=O)(=O)CC(C)C)cc1. The third-order valence-electron chi connectivity index (χ3n) is 2.85. The lowest BCUT2D eigenvalue weighted by Crippen LogP contribution is -2.33. The molecule has 0 N–H and O–H groups in total. The fourth-order valence-corrected chi connectivity index (χ4v) is 3.59. The van der Waals surface area contributed by atoms with Crippen molar-refractivity contribution >= 4 is 21.4 Å². The zero-order valence-electron chi connectivity index (χ0n) is 13.1. The summed E-state index contributed by atoms with van der Waals surface area (Å²) in [5, 5.41) is 0. The van der Waals surface area contributed by atoms with Gasteiger partial charge in [0.25, 0.3) is 0 Å². The van der Waals surface area contributed by atoms with E-state index in [-0.39, 0.29) is 18.3 Å². The molecule has 0 fully saturated rings. The molecule has 120 valence electrons. The smallest absolute Gasteiger partial charge is 0.241 e. The van der Waals surface area contributed by atoms with Gasteiger partial charge >= 0.3 is 0 Å². The van der Waals surface area contributed by atoms with Crippen LogP contribution in [0.2, 0.25) is 0 Å². The Bertz CT molecular complexity index is 642. The summed E-state index contributed by atoms with van der Waals surface area (Å²) in [5.74, 6) is 2.00. The monoisotopic (exact) mass is 323 g/mol. The molecule has 22 heavy (non-hydrogen) atoms. The number of carbonyl (C=O) groups excluding carboxylic acids is 1. The van der Waals surface area contributed by atoms with Crippen molar-refractivity contribution in [2.24, 2.45) is 5.92 Å². The van der Waals surface area contributed by atoms with Gasteiger partial charge in [-0.2, -0.15) is 0 Å². The summed E-state index contributed by atoms with van der Waals surface area (Å²) in [6.45, 7) is 3.78. The van der Waals surface area contributed by atoms with E-state index in [2.05, 4.69) is 5.92 Å². The van der Waals surface area contributed by atoms with E-state index in [1.165, 1.54) is 4.90 Å². The Balaban J connectivity index is 2.73. The molecule has 1 aromatic rings. The van der Waals surface area contributed by atoms with Crippen LogP contribution in [0.15, 0.2) is 24.3 Å². The number of anilines is 1. The van der Waals surface area contributed by atoms with E-state index in [4.69, 9.17) is 11.2 Å². The van der Waals surface area contributed by atoms with E-state index >= 15 is 0 Å². The number of carbonyl (C=O) groups is 1. The first kappa shape index (κ1) is 18.1. The first-order valence-corrected chi connectivity index (χ1v) is 8.70. The molecule has 0 saturated heterocycles. The van der Waals surface area contributed by atoms with E-state index in [1.54, 1.807) is 45.2 Å². The molecule has 0 unspecified atom stereocenters. The summed E-state index contributed by atoms with van der Waals surface area (Å²) >= 11 is 0. The van der Waals surface area contributed by atoms with Crippen molar-refractivity contribution in [3.05, 3.63) is 24.3 Å². The van der Waals surface area contributed by atoms with Gasteiger partial charge in [-0.05, 0) is 30.2 Å². The number of nitrogens with zero attached hydrogens (tertiary/aromatic N) is 1. The molecular formula is C16H21NO4S. The van der Waals surface area contributed by atoms with Crippen molar-refractivity contribution in [1.82, 2.24) is 0 Å². The van der Waals surface area contributed by atoms with Gasteiger partial charge in [-0.15, -0.1) is 6.42 Å². The van der Waals surface area contributed by atoms with E-state index in [9.17, 15) is 13.2 Å². The summed E-state index contributed by atoms with van der Waals surface area (Å²) in [6, 6.07) is 6.72. The zero-order valence-corrected chi connectivity index (χ0v) is 13.9. The van der Waals surface area contributed by atoms with Crippen LogP contribution in [0.4, 0.5) is 5.69 Å². The van der Waals surface area contributed by atoms with Crippen LogP contribution in [0.1, 0.15) is 13.8 Å². The normalized spacial score (nSPS) is 11.0. The zero-order chi connectivity index (χ0) is 16.8. The Morgan fingerprint density at radius 1 is 1.32 bits per heavy atom. The molecule has 0 aromatic heterocycles. The van der Waals surface area contributed by atoms with Crippen LogP contribution < -0.4 is 9.64 Å². The fraction of sp³-hybridized carbons (Fsp3) is 0.438. The van der Waals surface area contributed by atoms with Gasteiger partial charge in [-0.25, -0.2) is 8.42 Å². The highest BCUT2D eigenvalue weighted by Gasteiger charge is 2.21. The Labute approximate surface area is 132 Å². The molecule has 0 aliphatic heterocycles. The van der Waals surface area contributed by atoms with Crippen LogP contribution in [0.3, 0.4) is 0 Å². The first-order valence-electron chi connectivity index (χ1n) is 6.88. The summed E-state index contributed by atoms with van der Waals surface area (Å²) in [5.41, 5.74) is 0.595. The number of ether oxygens (including phenoxy) is 1. The van der Waals surface area contributed by atoms with Crippen molar-refractivity contribution in [1.29, 1.82) is 0 Å². The van der Waals surface area contributed by atoms with Crippen molar-refractivity contribution in [3.63, 3.8) is 0 Å². The molecule has 0 atom stereocenters. The van der Waals surface area contributed by atoms with Gasteiger partial charge in [0.15, 0.2) is 9.84 Å². The predicted octanol–water partition coefficient (Wildman–Crippen LogP) is 1.73. The van der Waals surface area contributed by atoms with Gasteiger partial charge in [0.05, 0.1) is 5.75 Å². The number of sulfone groups is 1. The number of benzene rings is 1. The second-order valence-electron chi connectivity index (χ2n) is 5.39. The number of terminal acetylenes is 1. The fourth-order valence-electron chi connectivity index (χ4n) is 1.89. The molecule has 1 rings (SSSR count). The lowest BCUT2D eigenvalue weighted by Gasteiger charge is -2.18. The highest BCUT2D eigenvalue weighted by atomic mass is 32.2. The third kappa shape index (κ3) is 5.78. The first-order chi connectivity index (χ1) is 10.2. The van der Waals surface area contributed by atoms with Gasteiger partial charge < -0.3 is 9.64 Å². The molecule has 0 heterocycles. The summed E-state index contributed by atoms with van der Waals surface area (Å²) < 4.78 is 29.0. The minimum atomic E-state index is -3.39. The molecule has 0 aliphatic carbocycles. The standard InChI is InChI=1S/C16H21NO4S/c1-5-10-21-15-8-6-14(7-9-15)17(4)16(18)12-22(19,20)11-13(2)3/h1,6-9,13H,10-12H2,2-4H3. The minimum absolute atomic E-state index is 0.00399. The molecule has 0 radical (unpaired) electrons. The third-order valence-corrected chi connectivity index (χ3v) is 4.71. The van der Waals surface area contributed by atoms with Crippen LogP contribution in [0.25, 0.3) is 0 Å². The average molecular weight is 323 g/mol. The summed E-state index contributed by atoms with van der Waals surface area (Å²) in [4.78, 5) is 13.4. The van der Waals surface area contributed by atoms with Crippen molar-refractivity contribution in [3.8, 4) is 18.1 Å². The maximum atomic E-state index is 12.1. The van der Waals surface area contributed by atoms with Crippen LogP contribution in [-0.2, 0) is 14.6 Å². The quantitative estimate of drug-likeness (QED) is 0.717. The minimum Gasteiger partial charge on any atom is -0.481 e. The van der Waals surface area contributed by atoms with E-state index in [0.717, 1.165) is 0 Å². The molecule has 6 heteroatoms. The summed E-state index contributed by atoms with van der Waals surface area (Å²) in [6.07, 6.45) is 5.10. The summed E-state index contributed by atoms with van der Waals surface area (Å²) in [7, 11) is -1.85. The lowest BCUT2D eigenvalue weighted by molar-refractivity contribution is -0.115. The highest BCUT2D eigenvalue weighted by Crippen LogP contribution is 2.19. The van der Waals surface area contributed by atoms with Crippen molar-refractivity contribution < 1.29 is 17.9 Å². The van der Waals surface area contributed by atoms with Gasteiger partial charge in [-0.3, -0.25) is 4.79 Å². The molecule has 0 saturated carbocycles. The number of hydrogen-bond donors (Lipinski definition) is 0. The molecule has 0 spiro atoms. The second-order valence-corrected chi connectivity index (χ2v) is 7.50. The van der Waals surface area contributed by atoms with E-state index in [0.29, 0.717) is 11.4 Å². The molecule has 0 bridgehead atoms. The van der Waals surface area contributed by atoms with Gasteiger partial charge in [0.2, 0.25) is 5.91 Å². The Kier molecular flexibility index (Phi) is 6.44. The number of amides is 1. The predicted molar refractivity (Wildman–Crippen MR) is 87.7 cm³/mol. The van der Waals surface area contributed by atoms with Crippen molar-refractivity contribution in [2.45, 2.75) is 13.8 Å². The molecule has 5 nitrogen and oxygen atoms in total. The van der Waals surface area contributed by atoms with E-state index < -0.39 is 21.5 Å². The topological polar surface area (TPSA) is 63.7 Å². The Morgan fingerprint density at radius 2 is 1.91 bits per heavy atom. The molecule has 0 aliphatic rings. The van der Waals surface area contributed by atoms with Crippen LogP contribution in [0.5, 0.6) is 5.75 Å². The van der Waals surface area contributed by atoms with Gasteiger partial charge in [0, 0.05) is 12.7 Å². The van der Waals surface area contributed by atoms with Crippen LogP contribution in [0, 0.1) is 18.3 Å². The lowest BCUT2D eigenvalue weighted by atomic mass is 10.3. The second kappa shape index (κ2) is 7.85. The largest absolute Gasteiger partial charge is 0.481 e. The molecular weight excluding hydrogens is 302 g/mol. The van der Waals surface area contributed by atoms with Crippen molar-refractivity contribution in [2.75, 3.05) is 30.1 Å². The van der Waals surface area contributed by atoms with E-state index in [1.807, 2.05) is 0 Å². The van der Waals surface area contributed by atoms with Crippen LogP contribution >= 0.6 is 0 Å². The number of rotatable bonds is 7. The van der Waals surface area contributed by atoms with Gasteiger partial charge in [-0.1, -0.05) is 19.8 Å². The average Bonchev–Trinajstić information content (AvgIpc) is 2.42. The number of hydrogen-bond acceptors (Lipinski definition) is 4. The maximum absolute atomic E-state index is 12.1. The Hall–Kier alpha value is -2.00.